The first kappa shape index (κ1) is 27.0. The molecular formula is C32H34F3N3O. The van der Waals surface area contributed by atoms with Gasteiger partial charge >= 0.3 is 6.18 Å². The Morgan fingerprint density at radius 3 is 2.49 bits per heavy atom. The largest absolute Gasteiger partial charge is 0.416 e. The highest BCUT2D eigenvalue weighted by molar-refractivity contribution is 5.88. The van der Waals surface area contributed by atoms with E-state index in [1.807, 2.05) is 42.6 Å². The minimum Gasteiger partial charge on any atom is -0.361 e. The number of carbonyl (C=O) groups is 1. The molecule has 3 aromatic carbocycles. The molecule has 0 saturated carbocycles. The second kappa shape index (κ2) is 11.7. The summed E-state index contributed by atoms with van der Waals surface area (Å²) < 4.78 is 40.7. The molecule has 1 unspecified atom stereocenters. The Labute approximate surface area is 227 Å². The molecule has 2 heterocycles. The fourth-order valence-electron chi connectivity index (χ4n) is 5.71. The molecule has 1 saturated heterocycles. The SMILES string of the molecule is CCc1cccc2c(C(CC(=O)NC3CCN(Cc4ccccc4)CC3)c3cccc(C(F)(F)F)c3)c[nH]c12. The molecule has 5 rings (SSSR count). The Morgan fingerprint density at radius 2 is 1.77 bits per heavy atom. The van der Waals surface area contributed by atoms with Crippen molar-refractivity contribution in [1.82, 2.24) is 15.2 Å². The maximum Gasteiger partial charge on any atom is 0.416 e. The fourth-order valence-corrected chi connectivity index (χ4v) is 5.71. The normalized spacial score (nSPS) is 15.9. The van der Waals surface area contributed by atoms with Crippen LogP contribution < -0.4 is 5.32 Å². The number of piperidine rings is 1. The summed E-state index contributed by atoms with van der Waals surface area (Å²) in [6.07, 6.45) is -0.000449. The van der Waals surface area contributed by atoms with E-state index in [2.05, 4.69) is 34.3 Å². The maximum absolute atomic E-state index is 13.6. The van der Waals surface area contributed by atoms with Gasteiger partial charge in [0.1, 0.15) is 0 Å². The zero-order valence-electron chi connectivity index (χ0n) is 22.1. The van der Waals surface area contributed by atoms with Crippen molar-refractivity contribution in [1.29, 1.82) is 0 Å². The Bertz CT molecular complexity index is 1410. The number of carbonyl (C=O) groups excluding carboxylic acids is 1. The third-order valence-electron chi connectivity index (χ3n) is 7.80. The van der Waals surface area contributed by atoms with Gasteiger partial charge in [-0.3, -0.25) is 9.69 Å². The first-order chi connectivity index (χ1) is 18.8. The molecule has 7 heteroatoms. The van der Waals surface area contributed by atoms with E-state index in [0.29, 0.717) is 5.56 Å². The predicted molar refractivity (Wildman–Crippen MR) is 148 cm³/mol. The molecule has 0 aliphatic carbocycles. The molecule has 4 nitrogen and oxygen atoms in total. The van der Waals surface area contributed by atoms with Gasteiger partial charge in [0.15, 0.2) is 0 Å². The number of H-pyrrole nitrogens is 1. The monoisotopic (exact) mass is 533 g/mol. The number of aromatic nitrogens is 1. The van der Waals surface area contributed by atoms with Gasteiger partial charge < -0.3 is 10.3 Å². The molecule has 0 bridgehead atoms. The Balaban J connectivity index is 1.33. The number of benzene rings is 3. The number of fused-ring (bicyclic) bond motifs is 1. The molecule has 1 aliphatic heterocycles. The maximum atomic E-state index is 13.6. The Morgan fingerprint density at radius 1 is 1.03 bits per heavy atom. The van der Waals surface area contributed by atoms with Gasteiger partial charge in [-0.2, -0.15) is 13.2 Å². The quantitative estimate of drug-likeness (QED) is 0.255. The molecular weight excluding hydrogens is 499 g/mol. The second-order valence-electron chi connectivity index (χ2n) is 10.4. The first-order valence-corrected chi connectivity index (χ1v) is 13.6. The van der Waals surface area contributed by atoms with Crippen LogP contribution in [0.1, 0.15) is 59.9 Å². The zero-order chi connectivity index (χ0) is 27.4. The van der Waals surface area contributed by atoms with Gasteiger partial charge in [0.25, 0.3) is 0 Å². The number of amides is 1. The van der Waals surface area contributed by atoms with E-state index >= 15 is 0 Å². The van der Waals surface area contributed by atoms with Crippen LogP contribution in [0, 0.1) is 0 Å². The molecule has 1 aliphatic rings. The average Bonchev–Trinajstić information content (AvgIpc) is 3.37. The lowest BCUT2D eigenvalue weighted by Crippen LogP contribution is -2.44. The summed E-state index contributed by atoms with van der Waals surface area (Å²) >= 11 is 0. The van der Waals surface area contributed by atoms with Crippen molar-refractivity contribution in [2.45, 2.75) is 57.3 Å². The van der Waals surface area contributed by atoms with Gasteiger partial charge in [-0.1, -0.05) is 73.7 Å². The number of halogens is 3. The van der Waals surface area contributed by atoms with Crippen LogP contribution in [0.25, 0.3) is 10.9 Å². The Hall–Kier alpha value is -3.58. The molecule has 1 fully saturated rings. The lowest BCUT2D eigenvalue weighted by molar-refractivity contribution is -0.137. The summed E-state index contributed by atoms with van der Waals surface area (Å²) in [5.41, 5.74) is 4.00. The topological polar surface area (TPSA) is 48.1 Å². The molecule has 2 N–H and O–H groups in total. The number of nitrogens with zero attached hydrogens (tertiary/aromatic N) is 1. The van der Waals surface area contributed by atoms with Crippen LogP contribution >= 0.6 is 0 Å². The molecule has 0 spiro atoms. The minimum atomic E-state index is -4.45. The smallest absolute Gasteiger partial charge is 0.361 e. The van der Waals surface area contributed by atoms with Crippen molar-refractivity contribution >= 4 is 16.8 Å². The van der Waals surface area contributed by atoms with Crippen LogP contribution in [-0.2, 0) is 23.9 Å². The van der Waals surface area contributed by atoms with E-state index in [9.17, 15) is 18.0 Å². The summed E-state index contributed by atoms with van der Waals surface area (Å²) in [7, 11) is 0. The first-order valence-electron chi connectivity index (χ1n) is 13.6. The van der Waals surface area contributed by atoms with Crippen LogP contribution in [0.4, 0.5) is 13.2 Å². The van der Waals surface area contributed by atoms with Crippen molar-refractivity contribution in [3.63, 3.8) is 0 Å². The predicted octanol–water partition coefficient (Wildman–Crippen LogP) is 7.05. The summed E-state index contributed by atoms with van der Waals surface area (Å²) in [6, 6.07) is 21.8. The highest BCUT2D eigenvalue weighted by Gasteiger charge is 2.32. The highest BCUT2D eigenvalue weighted by Crippen LogP contribution is 2.37. The van der Waals surface area contributed by atoms with Crippen LogP contribution in [0.3, 0.4) is 0 Å². The van der Waals surface area contributed by atoms with Crippen molar-refractivity contribution in [2.75, 3.05) is 13.1 Å². The van der Waals surface area contributed by atoms with E-state index in [0.717, 1.165) is 67.0 Å². The van der Waals surface area contributed by atoms with E-state index in [1.165, 1.54) is 17.7 Å². The third kappa shape index (κ3) is 6.36. The molecule has 1 amide bonds. The number of hydrogen-bond donors (Lipinski definition) is 2. The standard InChI is InChI=1S/C32H34F3N3O/c1-2-23-10-7-13-27-29(20-36-31(23)27)28(24-11-6-12-25(18-24)32(33,34)35)19-30(39)37-26-14-16-38(17-15-26)21-22-8-4-3-5-9-22/h3-13,18,20,26,28,36H,2,14-17,19,21H2,1H3,(H,37,39). The number of para-hydroxylation sites is 1. The van der Waals surface area contributed by atoms with Gasteiger partial charge in [-0.05, 0) is 47.6 Å². The number of alkyl halides is 3. The fraction of sp³-hybridized carbons (Fsp3) is 0.344. The number of nitrogens with one attached hydrogen (secondary N) is 2. The summed E-state index contributed by atoms with van der Waals surface area (Å²) in [4.78, 5) is 19.1. The average molecular weight is 534 g/mol. The van der Waals surface area contributed by atoms with Gasteiger partial charge in [-0.15, -0.1) is 0 Å². The highest BCUT2D eigenvalue weighted by atomic mass is 19.4. The molecule has 1 aromatic heterocycles. The van der Waals surface area contributed by atoms with E-state index in [4.69, 9.17) is 0 Å². The van der Waals surface area contributed by atoms with Gasteiger partial charge in [0, 0.05) is 55.1 Å². The Kier molecular flexibility index (Phi) is 8.07. The number of aryl methyl sites for hydroxylation is 1. The lowest BCUT2D eigenvalue weighted by atomic mass is 9.86. The summed E-state index contributed by atoms with van der Waals surface area (Å²) in [5.74, 6) is -0.647. The van der Waals surface area contributed by atoms with Crippen molar-refractivity contribution in [2.24, 2.45) is 0 Å². The van der Waals surface area contributed by atoms with Crippen LogP contribution in [-0.4, -0.2) is 34.9 Å². The van der Waals surface area contributed by atoms with Crippen LogP contribution in [0.2, 0.25) is 0 Å². The molecule has 1 atom stereocenters. The van der Waals surface area contributed by atoms with Crippen LogP contribution in [0.5, 0.6) is 0 Å². The third-order valence-corrected chi connectivity index (χ3v) is 7.80. The number of rotatable bonds is 8. The number of likely N-dealkylation sites (tertiary alicyclic amines) is 1. The second-order valence-corrected chi connectivity index (χ2v) is 10.4. The zero-order valence-corrected chi connectivity index (χ0v) is 22.1. The van der Waals surface area contributed by atoms with E-state index in [1.54, 1.807) is 6.07 Å². The molecule has 204 valence electrons. The van der Waals surface area contributed by atoms with Crippen molar-refractivity contribution in [3.8, 4) is 0 Å². The van der Waals surface area contributed by atoms with Crippen molar-refractivity contribution < 1.29 is 18.0 Å². The van der Waals surface area contributed by atoms with Gasteiger partial charge in [0.2, 0.25) is 5.91 Å². The molecule has 4 aromatic rings. The summed E-state index contributed by atoms with van der Waals surface area (Å²) in [6.45, 7) is 4.73. The minimum absolute atomic E-state index is 0.0568. The van der Waals surface area contributed by atoms with Gasteiger partial charge in [0.05, 0.1) is 5.56 Å². The lowest BCUT2D eigenvalue weighted by Gasteiger charge is -2.32. The number of aromatic amines is 1. The molecule has 0 radical (unpaired) electrons. The summed E-state index contributed by atoms with van der Waals surface area (Å²) in [5, 5.41) is 4.13. The number of hydrogen-bond acceptors (Lipinski definition) is 2. The molecule has 39 heavy (non-hydrogen) atoms. The van der Waals surface area contributed by atoms with E-state index < -0.39 is 17.7 Å². The van der Waals surface area contributed by atoms with Gasteiger partial charge in [-0.25, -0.2) is 0 Å². The van der Waals surface area contributed by atoms with Crippen LogP contribution in [0.15, 0.2) is 79.0 Å². The van der Waals surface area contributed by atoms with Crippen molar-refractivity contribution in [3.05, 3.63) is 107 Å². The van der Waals surface area contributed by atoms with E-state index in [-0.39, 0.29) is 18.4 Å².